The number of benzene rings is 3. The van der Waals surface area contributed by atoms with Crippen molar-refractivity contribution in [1.29, 1.82) is 0 Å². The van der Waals surface area contributed by atoms with Crippen LogP contribution in [0.2, 0.25) is 0 Å². The Balaban J connectivity index is 0.00000176. The topological polar surface area (TPSA) is 21.6 Å². The fourth-order valence-electron chi connectivity index (χ4n) is 2.33. The van der Waals surface area contributed by atoms with Crippen LogP contribution < -0.4 is 4.74 Å². The number of hydrogen-bond acceptors (Lipinski definition) is 2. The average molecular weight is 468 g/mol. The Hall–Kier alpha value is -1.96. The summed E-state index contributed by atoms with van der Waals surface area (Å²) in [6.07, 6.45) is 0. The zero-order valence-corrected chi connectivity index (χ0v) is 14.9. The standard InChI is InChI=1S/C19H17NO.Ir/c1-14(20-18-9-11-19(21-2)12-10-18)16-8-7-15-5-3-4-6-17(15)13-16;/h3-13H,1-2H3;. The summed E-state index contributed by atoms with van der Waals surface area (Å²) in [5.74, 6) is 0.845. The smallest absolute Gasteiger partial charge is 0.119 e. The third kappa shape index (κ3) is 3.62. The molecule has 113 valence electrons. The molecule has 3 heteroatoms. The molecule has 0 saturated heterocycles. The van der Waals surface area contributed by atoms with E-state index in [1.165, 1.54) is 10.8 Å². The van der Waals surface area contributed by atoms with E-state index in [2.05, 4.69) is 47.5 Å². The number of aliphatic imine (C=N–C) groups is 1. The second-order valence-electron chi connectivity index (χ2n) is 4.96. The monoisotopic (exact) mass is 468 g/mol. The van der Waals surface area contributed by atoms with Crippen molar-refractivity contribution in [3.05, 3.63) is 72.3 Å². The van der Waals surface area contributed by atoms with E-state index in [-0.39, 0.29) is 20.1 Å². The molecular weight excluding hydrogens is 450 g/mol. The molecule has 0 aromatic heterocycles. The van der Waals surface area contributed by atoms with Crippen LogP contribution in [0.25, 0.3) is 10.8 Å². The quantitative estimate of drug-likeness (QED) is 0.498. The average Bonchev–Trinajstić information content (AvgIpc) is 2.55. The fraction of sp³-hybridized carbons (Fsp3) is 0.105. The number of nitrogens with zero attached hydrogens (tertiary/aromatic N) is 1. The molecule has 0 atom stereocenters. The van der Waals surface area contributed by atoms with Gasteiger partial charge in [-0.2, -0.15) is 0 Å². The second-order valence-corrected chi connectivity index (χ2v) is 4.96. The largest absolute Gasteiger partial charge is 0.497 e. The summed E-state index contributed by atoms with van der Waals surface area (Å²) in [6, 6.07) is 22.6. The zero-order chi connectivity index (χ0) is 14.7. The van der Waals surface area contributed by atoms with Gasteiger partial charge in [0, 0.05) is 25.8 Å². The molecule has 0 N–H and O–H groups in total. The summed E-state index contributed by atoms with van der Waals surface area (Å²) in [4.78, 5) is 4.67. The van der Waals surface area contributed by atoms with Gasteiger partial charge in [-0.05, 0) is 53.6 Å². The Morgan fingerprint density at radius 1 is 0.864 bits per heavy atom. The van der Waals surface area contributed by atoms with Gasteiger partial charge in [-0.3, -0.25) is 4.99 Å². The van der Waals surface area contributed by atoms with Crippen LogP contribution in [-0.4, -0.2) is 12.8 Å². The summed E-state index contributed by atoms with van der Waals surface area (Å²) >= 11 is 0. The molecule has 0 saturated carbocycles. The van der Waals surface area contributed by atoms with Gasteiger partial charge in [0.1, 0.15) is 5.75 Å². The molecule has 3 aromatic carbocycles. The van der Waals surface area contributed by atoms with Gasteiger partial charge in [0.15, 0.2) is 0 Å². The molecule has 0 amide bonds. The van der Waals surface area contributed by atoms with E-state index >= 15 is 0 Å². The van der Waals surface area contributed by atoms with Gasteiger partial charge in [0.25, 0.3) is 0 Å². The molecule has 2 nitrogen and oxygen atoms in total. The van der Waals surface area contributed by atoms with Crippen molar-refractivity contribution in [2.75, 3.05) is 7.11 Å². The maximum Gasteiger partial charge on any atom is 0.119 e. The molecule has 3 aromatic rings. The van der Waals surface area contributed by atoms with Crippen molar-refractivity contribution in [1.82, 2.24) is 0 Å². The van der Waals surface area contributed by atoms with Crippen molar-refractivity contribution >= 4 is 22.2 Å². The van der Waals surface area contributed by atoms with Crippen molar-refractivity contribution in [2.24, 2.45) is 4.99 Å². The molecule has 0 heterocycles. The Morgan fingerprint density at radius 3 is 2.23 bits per heavy atom. The first-order chi connectivity index (χ1) is 10.3. The van der Waals surface area contributed by atoms with Crippen LogP contribution in [0, 0.1) is 0 Å². The first kappa shape index (κ1) is 16.4. The van der Waals surface area contributed by atoms with Crippen LogP contribution in [0.3, 0.4) is 0 Å². The minimum absolute atomic E-state index is 0. The molecule has 0 aliphatic rings. The van der Waals surface area contributed by atoms with Gasteiger partial charge in [0.2, 0.25) is 0 Å². The third-order valence-electron chi connectivity index (χ3n) is 3.54. The van der Waals surface area contributed by atoms with Crippen LogP contribution in [0.5, 0.6) is 5.75 Å². The number of rotatable bonds is 3. The van der Waals surface area contributed by atoms with Crippen LogP contribution in [0.15, 0.2) is 71.7 Å². The fourth-order valence-corrected chi connectivity index (χ4v) is 2.33. The number of methoxy groups -OCH3 is 1. The van der Waals surface area contributed by atoms with Gasteiger partial charge < -0.3 is 4.74 Å². The van der Waals surface area contributed by atoms with Gasteiger partial charge in [0.05, 0.1) is 12.8 Å². The van der Waals surface area contributed by atoms with Gasteiger partial charge >= 0.3 is 0 Å². The third-order valence-corrected chi connectivity index (χ3v) is 3.54. The molecule has 0 fully saturated rings. The van der Waals surface area contributed by atoms with E-state index in [0.29, 0.717) is 0 Å². The summed E-state index contributed by atoms with van der Waals surface area (Å²) in [7, 11) is 1.67. The number of fused-ring (bicyclic) bond motifs is 1. The molecule has 22 heavy (non-hydrogen) atoms. The molecule has 1 radical (unpaired) electrons. The summed E-state index contributed by atoms with van der Waals surface area (Å²) < 4.78 is 5.16. The Kier molecular flexibility index (Phi) is 5.48. The number of ether oxygens (including phenoxy) is 1. The molecular formula is C19H17IrNO. The number of hydrogen-bond donors (Lipinski definition) is 0. The van der Waals surface area contributed by atoms with Crippen LogP contribution in [0.1, 0.15) is 12.5 Å². The molecule has 0 aliphatic heterocycles. The Labute approximate surface area is 144 Å². The predicted molar refractivity (Wildman–Crippen MR) is 88.8 cm³/mol. The molecule has 0 bridgehead atoms. The Bertz CT molecular complexity index is 794. The normalized spacial score (nSPS) is 11.1. The minimum atomic E-state index is 0. The first-order valence-electron chi connectivity index (χ1n) is 6.95. The van der Waals surface area contributed by atoms with Crippen LogP contribution in [-0.2, 0) is 20.1 Å². The van der Waals surface area contributed by atoms with E-state index < -0.39 is 0 Å². The van der Waals surface area contributed by atoms with Crippen LogP contribution >= 0.6 is 0 Å². The molecule has 0 spiro atoms. The van der Waals surface area contributed by atoms with E-state index in [4.69, 9.17) is 4.74 Å². The predicted octanol–water partition coefficient (Wildman–Crippen LogP) is 4.99. The van der Waals surface area contributed by atoms with E-state index in [0.717, 1.165) is 22.7 Å². The summed E-state index contributed by atoms with van der Waals surface area (Å²) in [5.41, 5.74) is 3.08. The van der Waals surface area contributed by atoms with E-state index in [9.17, 15) is 0 Å². The van der Waals surface area contributed by atoms with Crippen LogP contribution in [0.4, 0.5) is 5.69 Å². The van der Waals surface area contributed by atoms with Gasteiger partial charge in [-0.1, -0.05) is 36.4 Å². The van der Waals surface area contributed by atoms with Gasteiger partial charge in [-0.15, -0.1) is 0 Å². The molecule has 0 unspecified atom stereocenters. The molecule has 3 rings (SSSR count). The second kappa shape index (κ2) is 7.35. The summed E-state index contributed by atoms with van der Waals surface area (Å²) in [6.45, 7) is 2.04. The maximum atomic E-state index is 5.16. The minimum Gasteiger partial charge on any atom is -0.497 e. The summed E-state index contributed by atoms with van der Waals surface area (Å²) in [5, 5.41) is 2.48. The van der Waals surface area contributed by atoms with Crippen molar-refractivity contribution < 1.29 is 24.8 Å². The zero-order valence-electron chi connectivity index (χ0n) is 12.5. The first-order valence-corrected chi connectivity index (χ1v) is 6.95. The van der Waals surface area contributed by atoms with Gasteiger partial charge in [-0.25, -0.2) is 0 Å². The Morgan fingerprint density at radius 2 is 1.55 bits per heavy atom. The van der Waals surface area contributed by atoms with Crippen molar-refractivity contribution in [3.8, 4) is 5.75 Å². The van der Waals surface area contributed by atoms with Crippen molar-refractivity contribution in [2.45, 2.75) is 6.92 Å². The molecule has 0 aliphatic carbocycles. The maximum absolute atomic E-state index is 5.16. The van der Waals surface area contributed by atoms with E-state index in [1.807, 2.05) is 31.2 Å². The van der Waals surface area contributed by atoms with E-state index in [1.54, 1.807) is 7.11 Å². The van der Waals surface area contributed by atoms with Crippen molar-refractivity contribution in [3.63, 3.8) is 0 Å². The SMILES string of the molecule is COc1ccc(N=C(C)c2ccc3ccccc3c2)cc1.[Ir].